The van der Waals surface area contributed by atoms with Crippen molar-refractivity contribution in [1.82, 2.24) is 4.90 Å². The van der Waals surface area contributed by atoms with Gasteiger partial charge in [0.05, 0.1) is 6.61 Å². The van der Waals surface area contributed by atoms with Crippen molar-refractivity contribution in [3.8, 4) is 0 Å². The molecule has 1 unspecified atom stereocenters. The molecule has 0 aromatic rings. The fourth-order valence-corrected chi connectivity index (χ4v) is 3.14. The summed E-state index contributed by atoms with van der Waals surface area (Å²) in [5, 5.41) is 0. The summed E-state index contributed by atoms with van der Waals surface area (Å²) >= 11 is 0. The molecule has 1 aliphatic carbocycles. The number of carbonyl (C=O) groups excluding carboxylic acids is 3. The molecule has 0 radical (unpaired) electrons. The lowest BCUT2D eigenvalue weighted by molar-refractivity contribution is -0.145. The molecule has 1 amide bonds. The van der Waals surface area contributed by atoms with Crippen LogP contribution in [0.5, 0.6) is 0 Å². The van der Waals surface area contributed by atoms with E-state index in [4.69, 9.17) is 9.47 Å². The first kappa shape index (κ1) is 16.8. The van der Waals surface area contributed by atoms with Crippen LogP contribution in [0.3, 0.4) is 0 Å². The molecule has 6 heteroatoms. The second-order valence-electron chi connectivity index (χ2n) is 7.10. The Hall–Kier alpha value is -1.59. The Morgan fingerprint density at radius 3 is 2.23 bits per heavy atom. The van der Waals surface area contributed by atoms with Gasteiger partial charge in [-0.2, -0.15) is 0 Å². The van der Waals surface area contributed by atoms with Gasteiger partial charge in [-0.15, -0.1) is 0 Å². The summed E-state index contributed by atoms with van der Waals surface area (Å²) in [6.45, 7) is 8.86. The summed E-state index contributed by atoms with van der Waals surface area (Å²) < 4.78 is 10.1. The van der Waals surface area contributed by atoms with E-state index < -0.39 is 11.6 Å². The maximum atomic E-state index is 11.9. The SMILES string of the molecule is CCOC(=O)CC(=O)CC1[C@H]2CN(C(=O)OC(C)(C)C)C[C@@H]12. The number of nitrogens with zero attached hydrogens (tertiary/aromatic N) is 1. The Bertz CT molecular complexity index is 456. The number of esters is 1. The molecule has 3 atom stereocenters. The van der Waals surface area contributed by atoms with E-state index in [1.807, 2.05) is 20.8 Å². The van der Waals surface area contributed by atoms with Crippen molar-refractivity contribution < 1.29 is 23.9 Å². The van der Waals surface area contributed by atoms with Crippen LogP contribution in [0.1, 0.15) is 40.5 Å². The van der Waals surface area contributed by atoms with E-state index in [0.717, 1.165) is 0 Å². The summed E-state index contributed by atoms with van der Waals surface area (Å²) in [6.07, 6.45) is -0.00753. The van der Waals surface area contributed by atoms with E-state index in [1.54, 1.807) is 11.8 Å². The van der Waals surface area contributed by atoms with E-state index in [9.17, 15) is 14.4 Å². The lowest BCUT2D eigenvalue weighted by atomic mass is 10.1. The van der Waals surface area contributed by atoms with Crippen LogP contribution >= 0.6 is 0 Å². The van der Waals surface area contributed by atoms with Crippen LogP contribution in [0.25, 0.3) is 0 Å². The van der Waals surface area contributed by atoms with E-state index in [0.29, 0.717) is 43.9 Å². The molecule has 1 aliphatic heterocycles. The van der Waals surface area contributed by atoms with Gasteiger partial charge in [0.2, 0.25) is 0 Å². The fraction of sp³-hybridized carbons (Fsp3) is 0.812. The van der Waals surface area contributed by atoms with Gasteiger partial charge in [-0.25, -0.2) is 4.79 Å². The first-order valence-corrected chi connectivity index (χ1v) is 7.86. The number of ketones is 1. The van der Waals surface area contributed by atoms with Gasteiger partial charge in [-0.1, -0.05) is 0 Å². The monoisotopic (exact) mass is 311 g/mol. The molecule has 2 rings (SSSR count). The van der Waals surface area contributed by atoms with Gasteiger partial charge in [0, 0.05) is 19.5 Å². The van der Waals surface area contributed by atoms with Gasteiger partial charge in [0.25, 0.3) is 0 Å². The van der Waals surface area contributed by atoms with Crippen LogP contribution in [-0.2, 0) is 19.1 Å². The van der Waals surface area contributed by atoms with Gasteiger partial charge >= 0.3 is 12.1 Å². The number of piperidine rings is 1. The quantitative estimate of drug-likeness (QED) is 0.573. The van der Waals surface area contributed by atoms with E-state index >= 15 is 0 Å². The molecule has 1 saturated heterocycles. The minimum Gasteiger partial charge on any atom is -0.466 e. The number of hydrogen-bond donors (Lipinski definition) is 0. The molecule has 2 fully saturated rings. The van der Waals surface area contributed by atoms with Crippen molar-refractivity contribution in [2.75, 3.05) is 19.7 Å². The summed E-state index contributed by atoms with van der Waals surface area (Å²) in [5.41, 5.74) is -0.487. The minimum absolute atomic E-state index is 0.0679. The second kappa shape index (κ2) is 6.26. The third kappa shape index (κ3) is 4.21. The average molecular weight is 311 g/mol. The van der Waals surface area contributed by atoms with Crippen molar-refractivity contribution in [2.24, 2.45) is 17.8 Å². The molecular weight excluding hydrogens is 286 g/mol. The molecule has 0 spiro atoms. The van der Waals surface area contributed by atoms with Crippen molar-refractivity contribution >= 4 is 17.8 Å². The Labute approximate surface area is 131 Å². The Kier molecular flexibility index (Phi) is 4.78. The predicted octanol–water partition coefficient (Wildman–Crippen LogP) is 2.01. The maximum Gasteiger partial charge on any atom is 0.410 e. The topological polar surface area (TPSA) is 72.9 Å². The van der Waals surface area contributed by atoms with Crippen LogP contribution in [0.4, 0.5) is 4.79 Å². The molecule has 0 aromatic heterocycles. The molecule has 1 saturated carbocycles. The third-order valence-electron chi connectivity index (χ3n) is 4.13. The summed E-state index contributed by atoms with van der Waals surface area (Å²) in [5.74, 6) is 0.535. The lowest BCUT2D eigenvalue weighted by Gasteiger charge is -2.25. The molecule has 2 aliphatic rings. The van der Waals surface area contributed by atoms with Crippen molar-refractivity contribution in [2.45, 2.75) is 46.1 Å². The number of rotatable bonds is 5. The Morgan fingerprint density at radius 2 is 1.73 bits per heavy atom. The number of Topliss-reactive ketones (excluding diaryl/α,β-unsaturated/α-hetero) is 1. The number of amides is 1. The number of likely N-dealkylation sites (tertiary alicyclic amines) is 1. The fourth-order valence-electron chi connectivity index (χ4n) is 3.14. The first-order chi connectivity index (χ1) is 10.2. The van der Waals surface area contributed by atoms with Crippen LogP contribution in [0.15, 0.2) is 0 Å². The second-order valence-corrected chi connectivity index (χ2v) is 7.10. The molecular formula is C16H25NO5. The third-order valence-corrected chi connectivity index (χ3v) is 4.13. The summed E-state index contributed by atoms with van der Waals surface area (Å²) in [7, 11) is 0. The van der Waals surface area contributed by atoms with Crippen LogP contribution in [-0.4, -0.2) is 48.0 Å². The first-order valence-electron chi connectivity index (χ1n) is 7.86. The number of fused-ring (bicyclic) bond motifs is 1. The lowest BCUT2D eigenvalue weighted by Crippen LogP contribution is -2.37. The van der Waals surface area contributed by atoms with Crippen molar-refractivity contribution in [3.63, 3.8) is 0 Å². The zero-order valence-electron chi connectivity index (χ0n) is 13.8. The summed E-state index contributed by atoms with van der Waals surface area (Å²) in [6, 6.07) is 0. The minimum atomic E-state index is -0.487. The highest BCUT2D eigenvalue weighted by molar-refractivity contribution is 5.95. The van der Waals surface area contributed by atoms with Gasteiger partial charge in [0.1, 0.15) is 17.8 Å². The van der Waals surface area contributed by atoms with Gasteiger partial charge < -0.3 is 14.4 Å². The normalized spacial score (nSPS) is 26.4. The molecule has 0 N–H and O–H groups in total. The molecule has 6 nitrogen and oxygen atoms in total. The van der Waals surface area contributed by atoms with Crippen LogP contribution < -0.4 is 0 Å². The Morgan fingerprint density at radius 1 is 1.14 bits per heavy atom. The number of ether oxygens (including phenoxy) is 2. The molecule has 0 bridgehead atoms. The highest BCUT2D eigenvalue weighted by Gasteiger charge is 2.57. The van der Waals surface area contributed by atoms with E-state index in [-0.39, 0.29) is 18.3 Å². The molecule has 124 valence electrons. The smallest absolute Gasteiger partial charge is 0.410 e. The number of hydrogen-bond acceptors (Lipinski definition) is 5. The average Bonchev–Trinajstić information content (AvgIpc) is 2.82. The van der Waals surface area contributed by atoms with Crippen molar-refractivity contribution in [1.29, 1.82) is 0 Å². The van der Waals surface area contributed by atoms with Crippen LogP contribution in [0.2, 0.25) is 0 Å². The van der Waals surface area contributed by atoms with Crippen molar-refractivity contribution in [3.05, 3.63) is 0 Å². The predicted molar refractivity (Wildman–Crippen MR) is 79.2 cm³/mol. The van der Waals surface area contributed by atoms with Gasteiger partial charge in [0.15, 0.2) is 0 Å². The highest BCUT2D eigenvalue weighted by Crippen LogP contribution is 2.53. The van der Waals surface area contributed by atoms with Crippen LogP contribution in [0, 0.1) is 17.8 Å². The standard InChI is InChI=1S/C16H25NO5/c1-5-21-14(19)7-10(18)6-11-12-8-17(9-13(11)12)15(20)22-16(2,3)4/h11-13H,5-9H2,1-4H3/t11?,12-,13+. The zero-order valence-corrected chi connectivity index (χ0v) is 13.8. The number of carbonyl (C=O) groups is 3. The Balaban J connectivity index is 1.71. The summed E-state index contributed by atoms with van der Waals surface area (Å²) in [4.78, 5) is 36.7. The van der Waals surface area contributed by atoms with E-state index in [2.05, 4.69) is 0 Å². The molecule has 0 aromatic carbocycles. The van der Waals surface area contributed by atoms with Gasteiger partial charge in [-0.05, 0) is 45.4 Å². The molecule has 1 heterocycles. The largest absolute Gasteiger partial charge is 0.466 e. The van der Waals surface area contributed by atoms with E-state index in [1.165, 1.54) is 0 Å². The zero-order chi connectivity index (χ0) is 16.5. The highest BCUT2D eigenvalue weighted by atomic mass is 16.6. The van der Waals surface area contributed by atoms with Gasteiger partial charge in [-0.3, -0.25) is 9.59 Å². The maximum absolute atomic E-state index is 11.9. The molecule has 22 heavy (non-hydrogen) atoms.